The second kappa shape index (κ2) is 10.2. The molecular formula is C23H27ClN6O4. The summed E-state index contributed by atoms with van der Waals surface area (Å²) in [4.78, 5) is 48.0. The van der Waals surface area contributed by atoms with Crippen LogP contribution in [0.3, 0.4) is 0 Å². The first-order valence-electron chi connectivity index (χ1n) is 11.3. The van der Waals surface area contributed by atoms with Gasteiger partial charge in [0.05, 0.1) is 5.69 Å². The zero-order valence-electron chi connectivity index (χ0n) is 18.9. The van der Waals surface area contributed by atoms with E-state index in [0.717, 1.165) is 29.4 Å². The number of nitrogens with one attached hydrogen (secondary N) is 2. The molecule has 0 saturated carbocycles. The van der Waals surface area contributed by atoms with Crippen molar-refractivity contribution in [3.63, 3.8) is 0 Å². The van der Waals surface area contributed by atoms with Crippen LogP contribution >= 0.6 is 11.6 Å². The number of aromatic nitrogens is 6. The van der Waals surface area contributed by atoms with Crippen LogP contribution in [0.25, 0.3) is 11.2 Å². The van der Waals surface area contributed by atoms with E-state index in [9.17, 15) is 19.5 Å². The van der Waals surface area contributed by atoms with Crippen molar-refractivity contribution in [2.24, 2.45) is 0 Å². The topological polar surface area (TPSA) is 131 Å². The number of benzene rings is 1. The van der Waals surface area contributed by atoms with Gasteiger partial charge < -0.3 is 15.1 Å². The fourth-order valence-corrected chi connectivity index (χ4v) is 4.26. The number of hydrogen-bond acceptors (Lipinski definition) is 5. The van der Waals surface area contributed by atoms with Crippen LogP contribution in [0.4, 0.5) is 0 Å². The fraction of sp³-hybridized carbons (Fsp3) is 0.391. The van der Waals surface area contributed by atoms with Crippen molar-refractivity contribution in [2.75, 3.05) is 0 Å². The SMILES string of the molecule is CCCCCn1c(=O)n(CCCn2c(O)c(Cc3ccccc3)[nH]c2=O)c(=O)c2[nH]c(Cl)nc21. The number of halogens is 1. The number of aromatic amines is 2. The van der Waals surface area contributed by atoms with Crippen molar-refractivity contribution in [3.8, 4) is 5.88 Å². The van der Waals surface area contributed by atoms with Crippen molar-refractivity contribution in [1.82, 2.24) is 28.7 Å². The predicted octanol–water partition coefficient (Wildman–Crippen LogP) is 2.61. The highest BCUT2D eigenvalue weighted by atomic mass is 35.5. The minimum absolute atomic E-state index is 0.0447. The average molecular weight is 487 g/mol. The third kappa shape index (κ3) is 4.72. The molecule has 4 rings (SSSR count). The Bertz CT molecular complexity index is 1460. The molecule has 180 valence electrons. The Morgan fingerprint density at radius 2 is 1.65 bits per heavy atom. The third-order valence-electron chi connectivity index (χ3n) is 5.83. The van der Waals surface area contributed by atoms with Crippen LogP contribution in [0.15, 0.2) is 44.7 Å². The quantitative estimate of drug-likeness (QED) is 0.234. The van der Waals surface area contributed by atoms with Gasteiger partial charge in [-0.05, 0) is 30.0 Å². The number of unbranched alkanes of at least 4 members (excludes halogenated alkanes) is 2. The monoisotopic (exact) mass is 486 g/mol. The number of H-pyrrole nitrogens is 2. The van der Waals surface area contributed by atoms with Gasteiger partial charge in [-0.15, -0.1) is 0 Å². The molecule has 10 nitrogen and oxygen atoms in total. The number of fused-ring (bicyclic) bond motifs is 1. The van der Waals surface area contributed by atoms with Crippen molar-refractivity contribution in [3.05, 3.63) is 78.2 Å². The summed E-state index contributed by atoms with van der Waals surface area (Å²) in [7, 11) is 0. The van der Waals surface area contributed by atoms with Crippen LogP contribution in [-0.2, 0) is 26.1 Å². The number of hydrogen-bond donors (Lipinski definition) is 3. The van der Waals surface area contributed by atoms with Gasteiger partial charge in [-0.3, -0.25) is 18.5 Å². The Hall–Kier alpha value is -3.53. The molecule has 11 heteroatoms. The summed E-state index contributed by atoms with van der Waals surface area (Å²) in [6.45, 7) is 2.70. The predicted molar refractivity (Wildman–Crippen MR) is 130 cm³/mol. The molecule has 0 aliphatic heterocycles. The maximum absolute atomic E-state index is 13.1. The minimum Gasteiger partial charge on any atom is -0.493 e. The molecule has 0 aliphatic rings. The van der Waals surface area contributed by atoms with Gasteiger partial charge >= 0.3 is 11.4 Å². The Morgan fingerprint density at radius 3 is 2.38 bits per heavy atom. The first-order chi connectivity index (χ1) is 16.4. The van der Waals surface area contributed by atoms with Crippen molar-refractivity contribution < 1.29 is 5.11 Å². The summed E-state index contributed by atoms with van der Waals surface area (Å²) >= 11 is 5.97. The third-order valence-corrected chi connectivity index (χ3v) is 6.01. The highest BCUT2D eigenvalue weighted by Gasteiger charge is 2.18. The Labute approximate surface area is 199 Å². The number of rotatable bonds is 10. The molecule has 3 N–H and O–H groups in total. The zero-order valence-corrected chi connectivity index (χ0v) is 19.6. The molecule has 1 aromatic carbocycles. The molecule has 34 heavy (non-hydrogen) atoms. The lowest BCUT2D eigenvalue weighted by molar-refractivity contribution is 0.397. The van der Waals surface area contributed by atoms with E-state index in [0.29, 0.717) is 18.7 Å². The molecule has 4 aromatic rings. The molecule has 0 bridgehead atoms. The van der Waals surface area contributed by atoms with Gasteiger partial charge in [0.15, 0.2) is 11.2 Å². The normalized spacial score (nSPS) is 11.5. The first-order valence-corrected chi connectivity index (χ1v) is 11.7. The maximum atomic E-state index is 13.1. The second-order valence-corrected chi connectivity index (χ2v) is 8.58. The first kappa shape index (κ1) is 23.6. The molecular weight excluding hydrogens is 460 g/mol. The van der Waals surface area contributed by atoms with Gasteiger partial charge in [0.1, 0.15) is 0 Å². The summed E-state index contributed by atoms with van der Waals surface area (Å²) < 4.78 is 3.81. The summed E-state index contributed by atoms with van der Waals surface area (Å²) in [6.07, 6.45) is 3.36. The molecule has 0 fully saturated rings. The highest BCUT2D eigenvalue weighted by molar-refractivity contribution is 6.28. The average Bonchev–Trinajstić information content (AvgIpc) is 3.33. The molecule has 0 atom stereocenters. The summed E-state index contributed by atoms with van der Waals surface area (Å²) in [6, 6.07) is 9.48. The maximum Gasteiger partial charge on any atom is 0.332 e. The molecule has 0 aliphatic carbocycles. The van der Waals surface area contributed by atoms with Crippen molar-refractivity contribution in [1.29, 1.82) is 0 Å². The van der Waals surface area contributed by atoms with E-state index in [-0.39, 0.29) is 41.8 Å². The largest absolute Gasteiger partial charge is 0.493 e. The van der Waals surface area contributed by atoms with Gasteiger partial charge in [-0.25, -0.2) is 9.59 Å². The van der Waals surface area contributed by atoms with Crippen LogP contribution in [0.2, 0.25) is 5.28 Å². The van der Waals surface area contributed by atoms with Gasteiger partial charge in [-0.1, -0.05) is 50.1 Å². The molecule has 0 amide bonds. The highest BCUT2D eigenvalue weighted by Crippen LogP contribution is 2.17. The van der Waals surface area contributed by atoms with E-state index in [4.69, 9.17) is 11.6 Å². The van der Waals surface area contributed by atoms with Gasteiger partial charge in [0, 0.05) is 26.1 Å². The standard InChI is InChI=1S/C23H27ClN6O4/c1-2-3-7-11-28-18-17(26-21(24)27-18)20(32)30(23(28)34)13-8-12-29-19(31)16(25-22(29)33)14-15-9-5-4-6-10-15/h4-6,9-10,31H,2-3,7-8,11-14H2,1H3,(H,25,33)(H,26,27). The number of aryl methyl sites for hydroxylation is 1. The second-order valence-electron chi connectivity index (χ2n) is 8.22. The summed E-state index contributed by atoms with van der Waals surface area (Å²) in [5, 5.41) is 10.6. The molecule has 0 unspecified atom stereocenters. The molecule has 0 saturated heterocycles. The lowest BCUT2D eigenvalue weighted by atomic mass is 10.1. The Morgan fingerprint density at radius 1 is 0.941 bits per heavy atom. The number of nitrogens with zero attached hydrogens (tertiary/aromatic N) is 4. The van der Waals surface area contributed by atoms with E-state index in [2.05, 4.69) is 21.9 Å². The van der Waals surface area contributed by atoms with Gasteiger partial charge in [0.2, 0.25) is 11.2 Å². The molecule has 0 spiro atoms. The van der Waals surface area contributed by atoms with Crippen molar-refractivity contribution in [2.45, 2.75) is 58.7 Å². The van der Waals surface area contributed by atoms with Crippen LogP contribution in [0.5, 0.6) is 5.88 Å². The summed E-state index contributed by atoms with van der Waals surface area (Å²) in [5.41, 5.74) is 0.371. The van der Waals surface area contributed by atoms with E-state index < -0.39 is 16.9 Å². The van der Waals surface area contributed by atoms with Crippen LogP contribution in [-0.4, -0.2) is 33.8 Å². The zero-order chi connectivity index (χ0) is 24.2. The van der Waals surface area contributed by atoms with Gasteiger partial charge in [0.25, 0.3) is 5.56 Å². The van der Waals surface area contributed by atoms with Crippen LogP contribution in [0, 0.1) is 0 Å². The smallest absolute Gasteiger partial charge is 0.332 e. The lowest BCUT2D eigenvalue weighted by Gasteiger charge is -2.11. The van der Waals surface area contributed by atoms with E-state index in [1.54, 1.807) is 0 Å². The van der Waals surface area contributed by atoms with Crippen molar-refractivity contribution >= 4 is 22.8 Å². The van der Waals surface area contributed by atoms with E-state index in [1.165, 1.54) is 9.13 Å². The Balaban J connectivity index is 1.56. The molecule has 3 aromatic heterocycles. The lowest BCUT2D eigenvalue weighted by Crippen LogP contribution is -2.40. The van der Waals surface area contributed by atoms with E-state index in [1.807, 2.05) is 30.3 Å². The number of aromatic hydroxyl groups is 1. The fourth-order valence-electron chi connectivity index (χ4n) is 4.09. The van der Waals surface area contributed by atoms with Crippen LogP contribution < -0.4 is 16.9 Å². The van der Waals surface area contributed by atoms with Crippen LogP contribution in [0.1, 0.15) is 43.9 Å². The molecule has 0 radical (unpaired) electrons. The Kier molecular flexibility index (Phi) is 7.06. The summed E-state index contributed by atoms with van der Waals surface area (Å²) in [5.74, 6) is -0.144. The van der Waals surface area contributed by atoms with E-state index >= 15 is 0 Å². The number of imidazole rings is 2. The van der Waals surface area contributed by atoms with Gasteiger partial charge in [-0.2, -0.15) is 4.98 Å². The minimum atomic E-state index is -0.512. The molecule has 3 heterocycles.